The molecule has 0 saturated heterocycles. The molecule has 4 aromatic carbocycles. The van der Waals surface area contributed by atoms with Gasteiger partial charge in [-0.3, -0.25) is 4.31 Å². The number of hydrogen-bond acceptors (Lipinski definition) is 7. The fourth-order valence-electron chi connectivity index (χ4n) is 4.89. The van der Waals surface area contributed by atoms with Crippen LogP contribution in [0.15, 0.2) is 77.7 Å². The summed E-state index contributed by atoms with van der Waals surface area (Å²) < 4.78 is 45.6. The van der Waals surface area contributed by atoms with Gasteiger partial charge in [0.25, 0.3) is 10.0 Å². The zero-order valence-electron chi connectivity index (χ0n) is 23.0. The molecule has 0 bridgehead atoms. The highest BCUT2D eigenvalue weighted by Gasteiger charge is 2.31. The van der Waals surface area contributed by atoms with Gasteiger partial charge in [-0.25, -0.2) is 13.2 Å². The maximum absolute atomic E-state index is 14.0. The van der Waals surface area contributed by atoms with Gasteiger partial charge in [-0.1, -0.05) is 54.1 Å². The lowest BCUT2D eigenvalue weighted by Gasteiger charge is -2.26. The van der Waals surface area contributed by atoms with E-state index < -0.39 is 28.6 Å². The Kier molecular flexibility index (Phi) is 8.31. The molecule has 0 saturated carbocycles. The van der Waals surface area contributed by atoms with E-state index in [1.165, 1.54) is 7.11 Å². The molecule has 0 radical (unpaired) electrons. The van der Waals surface area contributed by atoms with Gasteiger partial charge in [-0.05, 0) is 56.2 Å². The van der Waals surface area contributed by atoms with Crippen LogP contribution in [0.3, 0.4) is 0 Å². The summed E-state index contributed by atoms with van der Waals surface area (Å²) in [6.07, 6.45) is -1.08. The standard InChI is InChI=1S/C31H30N2O6S/c1-20-18-21(2)30(22(3)19-20)40(35,36)33(17-16-32)27-14-15-28(26-9-7-6-8-25(26)27)39-29(31(34)38-5)23-10-12-24(37-4)13-11-23/h6-15,18-19,29H,17H2,1-5H3. The molecule has 9 heteroatoms. The zero-order valence-corrected chi connectivity index (χ0v) is 23.8. The number of nitrogens with zero attached hydrogens (tertiary/aromatic N) is 2. The van der Waals surface area contributed by atoms with Crippen LogP contribution in [-0.4, -0.2) is 35.2 Å². The van der Waals surface area contributed by atoms with Crippen molar-refractivity contribution < 1.29 is 27.4 Å². The second-order valence-corrected chi connectivity index (χ2v) is 11.1. The van der Waals surface area contributed by atoms with E-state index >= 15 is 0 Å². The van der Waals surface area contributed by atoms with E-state index in [4.69, 9.17) is 14.2 Å². The Balaban J connectivity index is 1.84. The summed E-state index contributed by atoms with van der Waals surface area (Å²) in [6, 6.07) is 22.8. The Morgan fingerprint density at radius 1 is 0.925 bits per heavy atom. The van der Waals surface area contributed by atoms with Crippen molar-refractivity contribution in [1.82, 2.24) is 0 Å². The number of sulfonamides is 1. The number of carbonyl (C=O) groups excluding carboxylic acids is 1. The number of fused-ring (bicyclic) bond motifs is 1. The Morgan fingerprint density at radius 3 is 2.12 bits per heavy atom. The molecule has 0 spiro atoms. The summed E-state index contributed by atoms with van der Waals surface area (Å²) in [5.74, 6) is 0.375. The summed E-state index contributed by atoms with van der Waals surface area (Å²) in [6.45, 7) is 5.01. The monoisotopic (exact) mass is 558 g/mol. The van der Waals surface area contributed by atoms with Gasteiger partial charge in [0.2, 0.25) is 6.10 Å². The van der Waals surface area contributed by atoms with Crippen molar-refractivity contribution in [3.63, 3.8) is 0 Å². The molecule has 0 heterocycles. The molecule has 0 fully saturated rings. The highest BCUT2D eigenvalue weighted by Crippen LogP contribution is 2.39. The minimum atomic E-state index is -4.10. The maximum Gasteiger partial charge on any atom is 0.351 e. The number of methoxy groups -OCH3 is 2. The molecule has 0 N–H and O–H groups in total. The van der Waals surface area contributed by atoms with E-state index in [2.05, 4.69) is 0 Å². The molecule has 40 heavy (non-hydrogen) atoms. The topological polar surface area (TPSA) is 106 Å². The van der Waals surface area contributed by atoms with Gasteiger partial charge in [0.15, 0.2) is 0 Å². The molecule has 4 rings (SSSR count). The molecule has 4 aromatic rings. The summed E-state index contributed by atoms with van der Waals surface area (Å²) in [7, 11) is -1.27. The number of benzene rings is 4. The van der Waals surface area contributed by atoms with E-state index in [-0.39, 0.29) is 4.90 Å². The SMILES string of the molecule is COC(=O)C(Oc1ccc(N(CC#N)S(=O)(=O)c2c(C)cc(C)cc2C)c2ccccc12)c1ccc(OC)cc1. The molecule has 1 unspecified atom stereocenters. The molecule has 0 aliphatic carbocycles. The van der Waals surface area contributed by atoms with Crippen molar-refractivity contribution in [1.29, 1.82) is 5.26 Å². The predicted molar refractivity (Wildman–Crippen MR) is 153 cm³/mol. The van der Waals surface area contributed by atoms with Crippen LogP contribution in [0, 0.1) is 32.1 Å². The summed E-state index contributed by atoms with van der Waals surface area (Å²) in [5.41, 5.74) is 3.03. The van der Waals surface area contributed by atoms with Gasteiger partial charge < -0.3 is 14.2 Å². The fraction of sp³-hybridized carbons (Fsp3) is 0.226. The molecule has 0 aliphatic heterocycles. The molecule has 0 aliphatic rings. The number of esters is 1. The van der Waals surface area contributed by atoms with Crippen molar-refractivity contribution in [3.05, 3.63) is 95.1 Å². The first kappa shape index (κ1) is 28.5. The Labute approximate surface area is 234 Å². The minimum absolute atomic E-state index is 0.169. The summed E-state index contributed by atoms with van der Waals surface area (Å²) >= 11 is 0. The molecule has 0 amide bonds. The van der Waals surface area contributed by atoms with Gasteiger partial charge >= 0.3 is 5.97 Å². The lowest BCUT2D eigenvalue weighted by atomic mass is 10.1. The first-order chi connectivity index (χ1) is 19.1. The predicted octanol–water partition coefficient (Wildman–Crippen LogP) is 5.79. The van der Waals surface area contributed by atoms with Crippen LogP contribution < -0.4 is 13.8 Å². The molecular formula is C31H30N2O6S. The normalized spacial score (nSPS) is 11.9. The van der Waals surface area contributed by atoms with E-state index in [1.807, 2.05) is 25.1 Å². The smallest absolute Gasteiger partial charge is 0.351 e. The molecular weight excluding hydrogens is 528 g/mol. The van der Waals surface area contributed by atoms with Crippen molar-refractivity contribution in [2.24, 2.45) is 0 Å². The highest BCUT2D eigenvalue weighted by molar-refractivity contribution is 7.93. The number of carbonyl (C=O) groups is 1. The quantitative estimate of drug-likeness (QED) is 0.189. The van der Waals surface area contributed by atoms with E-state index in [1.54, 1.807) is 81.6 Å². The number of anilines is 1. The van der Waals surface area contributed by atoms with Crippen LogP contribution in [0.1, 0.15) is 28.4 Å². The van der Waals surface area contributed by atoms with Gasteiger partial charge in [0.1, 0.15) is 18.0 Å². The number of ether oxygens (including phenoxy) is 3. The Bertz CT molecular complexity index is 1690. The summed E-state index contributed by atoms with van der Waals surface area (Å²) in [5, 5.41) is 10.8. The van der Waals surface area contributed by atoms with Crippen molar-refractivity contribution in [2.75, 3.05) is 25.1 Å². The van der Waals surface area contributed by atoms with E-state index in [0.29, 0.717) is 44.6 Å². The lowest BCUT2D eigenvalue weighted by Crippen LogP contribution is -2.32. The number of nitriles is 1. The van der Waals surface area contributed by atoms with Crippen LogP contribution >= 0.6 is 0 Å². The maximum atomic E-state index is 14.0. The zero-order chi connectivity index (χ0) is 29.0. The molecule has 0 aromatic heterocycles. The number of hydrogen-bond donors (Lipinski definition) is 0. The average Bonchev–Trinajstić information content (AvgIpc) is 2.93. The first-order valence-corrected chi connectivity index (χ1v) is 13.9. The van der Waals surface area contributed by atoms with Crippen LogP contribution in [0.2, 0.25) is 0 Å². The average molecular weight is 559 g/mol. The van der Waals surface area contributed by atoms with Gasteiger partial charge in [0.05, 0.1) is 30.9 Å². The van der Waals surface area contributed by atoms with Crippen LogP contribution in [0.25, 0.3) is 10.8 Å². The van der Waals surface area contributed by atoms with Crippen molar-refractivity contribution >= 4 is 32.5 Å². The van der Waals surface area contributed by atoms with Crippen molar-refractivity contribution in [2.45, 2.75) is 31.8 Å². The summed E-state index contributed by atoms with van der Waals surface area (Å²) in [4.78, 5) is 12.9. The van der Waals surface area contributed by atoms with Crippen LogP contribution in [0.4, 0.5) is 5.69 Å². The first-order valence-electron chi connectivity index (χ1n) is 12.5. The molecule has 206 valence electrons. The van der Waals surface area contributed by atoms with Crippen molar-refractivity contribution in [3.8, 4) is 17.6 Å². The van der Waals surface area contributed by atoms with E-state index in [0.717, 1.165) is 9.87 Å². The van der Waals surface area contributed by atoms with Crippen LogP contribution in [-0.2, 0) is 19.6 Å². The Morgan fingerprint density at radius 2 is 1.55 bits per heavy atom. The van der Waals surface area contributed by atoms with Gasteiger partial charge in [0, 0.05) is 16.3 Å². The lowest BCUT2D eigenvalue weighted by molar-refractivity contribution is -0.149. The Hall–Kier alpha value is -4.55. The second kappa shape index (κ2) is 11.7. The second-order valence-electron chi connectivity index (χ2n) is 9.32. The number of rotatable bonds is 9. The van der Waals surface area contributed by atoms with Gasteiger partial charge in [-0.15, -0.1) is 0 Å². The molecule has 1 atom stereocenters. The largest absolute Gasteiger partial charge is 0.497 e. The molecule has 8 nitrogen and oxygen atoms in total. The third kappa shape index (κ3) is 5.44. The number of aryl methyl sites for hydroxylation is 3. The van der Waals surface area contributed by atoms with E-state index in [9.17, 15) is 18.5 Å². The third-order valence-electron chi connectivity index (χ3n) is 6.58. The third-order valence-corrected chi connectivity index (χ3v) is 8.64. The highest BCUT2D eigenvalue weighted by atomic mass is 32.2. The fourth-order valence-corrected chi connectivity index (χ4v) is 6.69. The minimum Gasteiger partial charge on any atom is -0.497 e. The van der Waals surface area contributed by atoms with Gasteiger partial charge in [-0.2, -0.15) is 5.26 Å². The van der Waals surface area contributed by atoms with Crippen LogP contribution in [0.5, 0.6) is 11.5 Å².